The lowest BCUT2D eigenvalue weighted by Crippen LogP contribution is -2.69. The second-order valence-corrected chi connectivity index (χ2v) is 14.6. The number of hydrogen-bond acceptors (Lipinski definition) is 6. The summed E-state index contributed by atoms with van der Waals surface area (Å²) in [5.41, 5.74) is -5.60. The molecule has 0 aromatic heterocycles. The van der Waals surface area contributed by atoms with Crippen LogP contribution in [0.4, 0.5) is 4.39 Å². The molecular weight excluding hydrogens is 563 g/mol. The van der Waals surface area contributed by atoms with Crippen molar-refractivity contribution in [2.45, 2.75) is 142 Å². The van der Waals surface area contributed by atoms with E-state index in [1.54, 1.807) is 26.8 Å². The van der Waals surface area contributed by atoms with Gasteiger partial charge in [-0.1, -0.05) is 84.8 Å². The van der Waals surface area contributed by atoms with Gasteiger partial charge >= 0.3 is 5.97 Å². The molecule has 4 rings (SSSR count). The highest BCUT2D eigenvalue weighted by molar-refractivity contribution is 6.01. The number of unbranched alkanes of at least 4 members (excludes halogenated alkanes) is 3. The zero-order valence-electron chi connectivity index (χ0n) is 27.8. The summed E-state index contributed by atoms with van der Waals surface area (Å²) >= 11 is 0. The van der Waals surface area contributed by atoms with Crippen molar-refractivity contribution >= 4 is 17.5 Å². The Kier molecular flexibility index (Phi) is 11.5. The highest BCUT2D eigenvalue weighted by Gasteiger charge is 2.75. The maximum atomic E-state index is 16.9. The second kappa shape index (κ2) is 13.8. The molecule has 0 heterocycles. The highest BCUT2D eigenvalue weighted by Crippen LogP contribution is 2.70. The number of carbonyl (C=O) groups excluding carboxylic acids is 2. The Morgan fingerprint density at radius 3 is 2.05 bits per heavy atom. The number of aliphatic carboxylic acids is 1. The molecule has 8 atom stereocenters. The van der Waals surface area contributed by atoms with Gasteiger partial charge in [-0.05, 0) is 75.9 Å². The molecule has 3 saturated carbocycles. The first-order valence-electron chi connectivity index (χ1n) is 17.0. The van der Waals surface area contributed by atoms with E-state index < -0.39 is 63.8 Å². The number of carbonyl (C=O) groups is 3. The molecule has 0 unspecified atom stereocenters. The maximum Gasteiger partial charge on any atom is 0.309 e. The van der Waals surface area contributed by atoms with E-state index in [1.807, 2.05) is 0 Å². The molecule has 0 amide bonds. The summed E-state index contributed by atoms with van der Waals surface area (Å²) in [6.07, 6.45) is 13.4. The Labute approximate surface area is 263 Å². The van der Waals surface area contributed by atoms with Crippen LogP contribution in [0.15, 0.2) is 23.8 Å². The SMILES string of the molecule is CCCCC(CCCC)(CCCC)C(=O)O.C[C@@H]1C[C@H]2[C@@H]3CCC4=CC(=O)C=C[C@]4(C)[C@@]3(F)[C@@H](O)C[C@]2(C)[C@@]1(O)C(=O)CO. The first kappa shape index (κ1) is 36.6. The number of aliphatic hydroxyl groups is 3. The van der Waals surface area contributed by atoms with Gasteiger partial charge in [-0.3, -0.25) is 14.4 Å². The van der Waals surface area contributed by atoms with E-state index in [2.05, 4.69) is 20.8 Å². The minimum Gasteiger partial charge on any atom is -0.481 e. The Balaban J connectivity index is 0.000000284. The molecule has 7 nitrogen and oxygen atoms in total. The van der Waals surface area contributed by atoms with Crippen LogP contribution in [0.1, 0.15) is 125 Å². The van der Waals surface area contributed by atoms with Gasteiger partial charge in [-0.2, -0.15) is 0 Å². The van der Waals surface area contributed by atoms with Gasteiger partial charge in [0.2, 0.25) is 0 Å². The molecular formula is C36H57FO7. The molecule has 44 heavy (non-hydrogen) atoms. The number of Topliss-reactive ketones (excluding diaryl/α,β-unsaturated/α-hetero) is 1. The molecule has 4 aliphatic rings. The van der Waals surface area contributed by atoms with Crippen molar-refractivity contribution < 1.29 is 39.2 Å². The third-order valence-corrected chi connectivity index (χ3v) is 12.3. The lowest BCUT2D eigenvalue weighted by Gasteiger charge is -2.62. The summed E-state index contributed by atoms with van der Waals surface area (Å²) in [4.78, 5) is 35.9. The number of carboxylic acid groups (broad SMARTS) is 1. The molecule has 0 spiro atoms. The van der Waals surface area contributed by atoms with Gasteiger partial charge in [0.1, 0.15) is 12.2 Å². The van der Waals surface area contributed by atoms with Gasteiger partial charge in [0.25, 0.3) is 0 Å². The third-order valence-electron chi connectivity index (χ3n) is 12.3. The predicted octanol–water partition coefficient (Wildman–Crippen LogP) is 6.52. The molecule has 0 aromatic carbocycles. The molecule has 0 radical (unpaired) electrons. The topological polar surface area (TPSA) is 132 Å². The van der Waals surface area contributed by atoms with Crippen LogP contribution >= 0.6 is 0 Å². The monoisotopic (exact) mass is 620 g/mol. The Morgan fingerprint density at radius 2 is 1.57 bits per heavy atom. The molecule has 0 bridgehead atoms. The van der Waals surface area contributed by atoms with Crippen LogP contribution in [-0.4, -0.2) is 61.9 Å². The second-order valence-electron chi connectivity index (χ2n) is 14.6. The van der Waals surface area contributed by atoms with Crippen molar-refractivity contribution in [3.63, 3.8) is 0 Å². The number of hydrogen-bond donors (Lipinski definition) is 4. The summed E-state index contributed by atoms with van der Waals surface area (Å²) in [5.74, 6) is -2.69. The fourth-order valence-corrected chi connectivity index (χ4v) is 9.50. The lowest BCUT2D eigenvalue weighted by molar-refractivity contribution is -0.219. The van der Waals surface area contributed by atoms with Gasteiger partial charge in [0.15, 0.2) is 17.2 Å². The van der Waals surface area contributed by atoms with Gasteiger partial charge in [0.05, 0.1) is 11.5 Å². The zero-order valence-corrected chi connectivity index (χ0v) is 27.8. The summed E-state index contributed by atoms with van der Waals surface area (Å²) in [7, 11) is 0. The number of allylic oxidation sites excluding steroid dienone is 4. The number of rotatable bonds is 12. The maximum absolute atomic E-state index is 16.9. The first-order valence-corrected chi connectivity index (χ1v) is 17.0. The van der Waals surface area contributed by atoms with E-state index >= 15 is 4.39 Å². The molecule has 0 saturated heterocycles. The minimum absolute atomic E-state index is 0.0676. The summed E-state index contributed by atoms with van der Waals surface area (Å²) in [6, 6.07) is 0. The van der Waals surface area contributed by atoms with E-state index in [9.17, 15) is 34.8 Å². The normalized spacial score (nSPS) is 37.7. The molecule has 0 aliphatic heterocycles. The molecule has 250 valence electrons. The smallest absolute Gasteiger partial charge is 0.309 e. The Bertz CT molecular complexity index is 1110. The molecule has 8 heteroatoms. The quantitative estimate of drug-likeness (QED) is 0.195. The van der Waals surface area contributed by atoms with Crippen molar-refractivity contribution in [2.24, 2.45) is 34.0 Å². The number of aliphatic hydroxyl groups excluding tert-OH is 2. The number of ketones is 2. The van der Waals surface area contributed by atoms with Crippen LogP contribution in [0.2, 0.25) is 0 Å². The van der Waals surface area contributed by atoms with Gasteiger partial charge in [0, 0.05) is 16.7 Å². The Hall–Kier alpha value is -1.90. The van der Waals surface area contributed by atoms with Crippen molar-refractivity contribution in [3.05, 3.63) is 23.8 Å². The van der Waals surface area contributed by atoms with E-state index in [4.69, 9.17) is 0 Å². The third kappa shape index (κ3) is 5.77. The van der Waals surface area contributed by atoms with Crippen LogP contribution in [-0.2, 0) is 14.4 Å². The number of halogens is 1. The van der Waals surface area contributed by atoms with Crippen molar-refractivity contribution in [1.82, 2.24) is 0 Å². The van der Waals surface area contributed by atoms with Gasteiger partial charge in [-0.15, -0.1) is 0 Å². The largest absolute Gasteiger partial charge is 0.481 e. The van der Waals surface area contributed by atoms with Crippen molar-refractivity contribution in [3.8, 4) is 0 Å². The number of carboxylic acids is 1. The average Bonchev–Trinajstić information content (AvgIpc) is 3.19. The average molecular weight is 621 g/mol. The van der Waals surface area contributed by atoms with Crippen LogP contribution in [0.5, 0.6) is 0 Å². The fraction of sp³-hybridized carbons (Fsp3) is 0.806. The number of fused-ring (bicyclic) bond motifs is 5. The van der Waals surface area contributed by atoms with Crippen LogP contribution in [0.3, 0.4) is 0 Å². The minimum atomic E-state index is -1.98. The van der Waals surface area contributed by atoms with E-state index in [1.165, 1.54) is 12.2 Å². The van der Waals surface area contributed by atoms with E-state index in [-0.39, 0.29) is 18.1 Å². The zero-order chi connectivity index (χ0) is 33.1. The van der Waals surface area contributed by atoms with Crippen LogP contribution in [0, 0.1) is 34.0 Å². The summed E-state index contributed by atoms with van der Waals surface area (Å²) in [6.45, 7) is 10.9. The summed E-state index contributed by atoms with van der Waals surface area (Å²) < 4.78 is 16.9. The standard InChI is InChI=1S/C22H29FO5.C14H28O2/c1-12-8-16-15-5-4-13-9-14(25)6-7-19(13,2)21(15,23)17(26)10-20(16,3)22(12,28)18(27)11-24;1-4-7-10-14(13(15)16,11-8-5-2)12-9-6-3/h6-7,9,12,15-17,24,26,28H,4-5,8,10-11H2,1-3H3;4-12H2,1-3H3,(H,15,16)/t12-,15+,16+,17+,19+,20+,21+,22+;/m1./s1. The van der Waals surface area contributed by atoms with E-state index in [0.29, 0.717) is 24.8 Å². The lowest BCUT2D eigenvalue weighted by atomic mass is 9.44. The van der Waals surface area contributed by atoms with Gasteiger partial charge < -0.3 is 20.4 Å². The highest BCUT2D eigenvalue weighted by atomic mass is 19.1. The first-order chi connectivity index (χ1) is 20.6. The van der Waals surface area contributed by atoms with Crippen molar-refractivity contribution in [2.75, 3.05) is 6.61 Å². The molecule has 3 fully saturated rings. The van der Waals surface area contributed by atoms with E-state index in [0.717, 1.165) is 57.8 Å². The van der Waals surface area contributed by atoms with Crippen molar-refractivity contribution in [1.29, 1.82) is 0 Å². The fourth-order valence-electron chi connectivity index (χ4n) is 9.50. The predicted molar refractivity (Wildman–Crippen MR) is 169 cm³/mol. The van der Waals surface area contributed by atoms with Gasteiger partial charge in [-0.25, -0.2) is 4.39 Å². The summed E-state index contributed by atoms with van der Waals surface area (Å²) in [5, 5.41) is 41.5. The molecule has 4 N–H and O–H groups in total. The number of alkyl halides is 1. The van der Waals surface area contributed by atoms with Crippen LogP contribution < -0.4 is 0 Å². The Morgan fingerprint density at radius 1 is 1.02 bits per heavy atom. The molecule has 0 aromatic rings. The van der Waals surface area contributed by atoms with Crippen LogP contribution in [0.25, 0.3) is 0 Å². The molecule has 4 aliphatic carbocycles.